The van der Waals surface area contributed by atoms with E-state index in [-0.39, 0.29) is 4.90 Å². The zero-order valence-electron chi connectivity index (χ0n) is 13.2. The molecule has 1 aliphatic rings. The molecule has 1 saturated heterocycles. The van der Waals surface area contributed by atoms with Crippen LogP contribution in [0.5, 0.6) is 5.75 Å². The third-order valence-electron chi connectivity index (χ3n) is 3.63. The molecule has 0 spiro atoms. The molecule has 1 aromatic carbocycles. The Balaban J connectivity index is 1.93. The third-order valence-corrected chi connectivity index (χ3v) is 6.33. The van der Waals surface area contributed by atoms with Crippen LogP contribution in [0.2, 0.25) is 0 Å². The highest BCUT2D eigenvalue weighted by Crippen LogP contribution is 2.31. The molecule has 0 unspecified atom stereocenters. The van der Waals surface area contributed by atoms with Gasteiger partial charge in [-0.3, -0.25) is 4.99 Å². The number of sulfonamides is 1. The van der Waals surface area contributed by atoms with Crippen molar-refractivity contribution in [1.29, 1.82) is 0 Å². The number of thiophene rings is 1. The summed E-state index contributed by atoms with van der Waals surface area (Å²) in [5, 5.41) is 1.96. The van der Waals surface area contributed by atoms with Crippen molar-refractivity contribution in [3.05, 3.63) is 40.6 Å². The van der Waals surface area contributed by atoms with Gasteiger partial charge in [-0.1, -0.05) is 6.07 Å². The first kappa shape index (κ1) is 17.1. The lowest BCUT2D eigenvalue weighted by Crippen LogP contribution is -2.40. The van der Waals surface area contributed by atoms with E-state index in [1.807, 2.05) is 17.5 Å². The van der Waals surface area contributed by atoms with E-state index in [1.165, 1.54) is 11.4 Å². The second kappa shape index (κ2) is 7.43. The molecule has 0 saturated carbocycles. The van der Waals surface area contributed by atoms with Crippen LogP contribution in [0, 0.1) is 0 Å². The van der Waals surface area contributed by atoms with E-state index in [4.69, 9.17) is 9.47 Å². The van der Waals surface area contributed by atoms with Crippen LogP contribution in [-0.4, -0.2) is 52.4 Å². The van der Waals surface area contributed by atoms with E-state index in [0.717, 1.165) is 4.88 Å². The second-order valence-electron chi connectivity index (χ2n) is 5.12. The number of nitrogens with zero attached hydrogens (tertiary/aromatic N) is 2. The Labute approximate surface area is 145 Å². The second-order valence-corrected chi connectivity index (χ2v) is 8.04. The Morgan fingerprint density at radius 1 is 1.29 bits per heavy atom. The molecular formula is C16H18N2O4S2. The van der Waals surface area contributed by atoms with E-state index < -0.39 is 10.0 Å². The van der Waals surface area contributed by atoms with Crippen molar-refractivity contribution in [2.45, 2.75) is 4.90 Å². The van der Waals surface area contributed by atoms with Gasteiger partial charge in [0.05, 0.1) is 25.2 Å². The molecule has 3 rings (SSSR count). The SMILES string of the molecule is COc1ccc(S(=O)(=O)N2CCOCC2)cc1N=Cc1cccs1. The van der Waals surface area contributed by atoms with Gasteiger partial charge in [0, 0.05) is 24.2 Å². The van der Waals surface area contributed by atoms with Gasteiger partial charge in [-0.05, 0) is 29.6 Å². The van der Waals surface area contributed by atoms with Crippen molar-refractivity contribution in [3.8, 4) is 5.75 Å². The quantitative estimate of drug-likeness (QED) is 0.763. The molecule has 6 nitrogen and oxygen atoms in total. The first-order chi connectivity index (χ1) is 11.6. The summed E-state index contributed by atoms with van der Waals surface area (Å²) in [6.07, 6.45) is 1.70. The number of rotatable bonds is 5. The molecule has 1 aliphatic heterocycles. The highest BCUT2D eigenvalue weighted by Gasteiger charge is 2.27. The molecule has 24 heavy (non-hydrogen) atoms. The molecule has 1 fully saturated rings. The molecule has 0 N–H and O–H groups in total. The monoisotopic (exact) mass is 366 g/mol. The largest absolute Gasteiger partial charge is 0.494 e. The molecule has 2 heterocycles. The number of aliphatic imine (C=N–C) groups is 1. The number of methoxy groups -OCH3 is 1. The first-order valence-corrected chi connectivity index (χ1v) is 9.77. The molecule has 0 radical (unpaired) electrons. The van der Waals surface area contributed by atoms with E-state index in [2.05, 4.69) is 4.99 Å². The Morgan fingerprint density at radius 3 is 2.75 bits per heavy atom. The molecule has 1 aromatic heterocycles. The Morgan fingerprint density at radius 2 is 2.08 bits per heavy atom. The molecule has 128 valence electrons. The average Bonchev–Trinajstić information content (AvgIpc) is 3.14. The molecule has 0 atom stereocenters. The Kier molecular flexibility index (Phi) is 5.30. The average molecular weight is 366 g/mol. The van der Waals surface area contributed by atoms with Gasteiger partial charge in [-0.25, -0.2) is 8.42 Å². The van der Waals surface area contributed by atoms with Crippen molar-refractivity contribution in [3.63, 3.8) is 0 Å². The smallest absolute Gasteiger partial charge is 0.243 e. The van der Waals surface area contributed by atoms with Crippen LogP contribution >= 0.6 is 11.3 Å². The highest BCUT2D eigenvalue weighted by atomic mass is 32.2. The lowest BCUT2D eigenvalue weighted by molar-refractivity contribution is 0.0730. The summed E-state index contributed by atoms with van der Waals surface area (Å²) in [4.78, 5) is 5.59. The summed E-state index contributed by atoms with van der Waals surface area (Å²) in [5.41, 5.74) is 0.486. The zero-order valence-corrected chi connectivity index (χ0v) is 14.8. The van der Waals surface area contributed by atoms with Crippen LogP contribution < -0.4 is 4.74 Å². The maximum atomic E-state index is 12.8. The van der Waals surface area contributed by atoms with Gasteiger partial charge in [0.25, 0.3) is 0 Å². The van der Waals surface area contributed by atoms with Gasteiger partial charge in [-0.15, -0.1) is 11.3 Å². The van der Waals surface area contributed by atoms with Crippen LogP contribution in [0.3, 0.4) is 0 Å². The molecule has 8 heteroatoms. The summed E-state index contributed by atoms with van der Waals surface area (Å²) in [6, 6.07) is 8.60. The number of hydrogen-bond donors (Lipinski definition) is 0. The summed E-state index contributed by atoms with van der Waals surface area (Å²) >= 11 is 1.56. The van der Waals surface area contributed by atoms with Crippen LogP contribution in [0.25, 0.3) is 0 Å². The van der Waals surface area contributed by atoms with E-state index in [9.17, 15) is 8.42 Å². The van der Waals surface area contributed by atoms with Crippen LogP contribution in [0.15, 0.2) is 45.6 Å². The summed E-state index contributed by atoms with van der Waals surface area (Å²) in [6.45, 7) is 1.56. The summed E-state index contributed by atoms with van der Waals surface area (Å²) < 4.78 is 37.5. The Bertz CT molecular complexity index is 811. The molecule has 0 aliphatic carbocycles. The lowest BCUT2D eigenvalue weighted by Gasteiger charge is -2.26. The van der Waals surface area contributed by atoms with Gasteiger partial charge in [0.1, 0.15) is 11.4 Å². The van der Waals surface area contributed by atoms with E-state index >= 15 is 0 Å². The molecule has 2 aromatic rings. The summed E-state index contributed by atoms with van der Waals surface area (Å²) in [5.74, 6) is 0.531. The minimum Gasteiger partial charge on any atom is -0.494 e. The van der Waals surface area contributed by atoms with E-state index in [1.54, 1.807) is 35.8 Å². The zero-order chi connectivity index (χ0) is 17.0. The standard InChI is InChI=1S/C16H18N2O4S2/c1-21-16-5-4-14(24(19,20)18-6-8-22-9-7-18)11-15(16)17-12-13-3-2-10-23-13/h2-5,10-12H,6-9H2,1H3. The molecule has 0 bridgehead atoms. The van der Waals surface area contributed by atoms with Crippen molar-refractivity contribution in [2.24, 2.45) is 4.99 Å². The maximum Gasteiger partial charge on any atom is 0.243 e. The van der Waals surface area contributed by atoms with Gasteiger partial charge >= 0.3 is 0 Å². The third kappa shape index (κ3) is 3.67. The van der Waals surface area contributed by atoms with Crippen molar-refractivity contribution in [2.75, 3.05) is 33.4 Å². The van der Waals surface area contributed by atoms with Crippen LogP contribution in [-0.2, 0) is 14.8 Å². The number of benzene rings is 1. The minimum absolute atomic E-state index is 0.212. The van der Waals surface area contributed by atoms with Gasteiger partial charge in [0.2, 0.25) is 10.0 Å². The van der Waals surface area contributed by atoms with E-state index in [0.29, 0.717) is 37.7 Å². The fourth-order valence-electron chi connectivity index (χ4n) is 2.37. The van der Waals surface area contributed by atoms with Crippen LogP contribution in [0.1, 0.15) is 4.88 Å². The van der Waals surface area contributed by atoms with Crippen molar-refractivity contribution >= 4 is 33.3 Å². The summed E-state index contributed by atoms with van der Waals surface area (Å²) in [7, 11) is -2.02. The van der Waals surface area contributed by atoms with Crippen molar-refractivity contribution in [1.82, 2.24) is 4.31 Å². The highest BCUT2D eigenvalue weighted by molar-refractivity contribution is 7.89. The predicted molar refractivity (Wildman–Crippen MR) is 94.1 cm³/mol. The number of morpholine rings is 1. The minimum atomic E-state index is -3.56. The normalized spacial score (nSPS) is 16.5. The molecular weight excluding hydrogens is 348 g/mol. The number of hydrogen-bond acceptors (Lipinski definition) is 6. The first-order valence-electron chi connectivity index (χ1n) is 7.45. The van der Waals surface area contributed by atoms with Gasteiger partial charge in [0.15, 0.2) is 0 Å². The topological polar surface area (TPSA) is 68.2 Å². The fourth-order valence-corrected chi connectivity index (χ4v) is 4.38. The predicted octanol–water partition coefficient (Wildman–Crippen LogP) is 2.53. The fraction of sp³-hybridized carbons (Fsp3) is 0.312. The van der Waals surface area contributed by atoms with Gasteiger partial charge < -0.3 is 9.47 Å². The van der Waals surface area contributed by atoms with Gasteiger partial charge in [-0.2, -0.15) is 4.31 Å². The Hall–Kier alpha value is -1.74. The maximum absolute atomic E-state index is 12.8. The lowest BCUT2D eigenvalue weighted by atomic mass is 10.3. The molecule has 0 amide bonds. The van der Waals surface area contributed by atoms with Crippen LogP contribution in [0.4, 0.5) is 5.69 Å². The van der Waals surface area contributed by atoms with Crippen molar-refractivity contribution < 1.29 is 17.9 Å². The number of ether oxygens (including phenoxy) is 2.